The monoisotopic (exact) mass is 531 g/mol. The van der Waals surface area contributed by atoms with Crippen LogP contribution in [0.4, 0.5) is 4.79 Å². The number of nitrogens with zero attached hydrogens (tertiary/aromatic N) is 2. The van der Waals surface area contributed by atoms with Gasteiger partial charge in [-0.3, -0.25) is 14.4 Å². The maximum Gasteiger partial charge on any atom is 0.405 e. The molecule has 4 amide bonds. The third kappa shape index (κ3) is 7.26. The van der Waals surface area contributed by atoms with Gasteiger partial charge in [0.15, 0.2) is 0 Å². The van der Waals surface area contributed by atoms with Gasteiger partial charge in [0.2, 0.25) is 17.7 Å². The first-order valence-electron chi connectivity index (χ1n) is 11.9. The molecule has 0 bridgehead atoms. The molecule has 1 fully saturated rings. The van der Waals surface area contributed by atoms with Gasteiger partial charge in [0.1, 0.15) is 18.6 Å². The first kappa shape index (κ1) is 28.1. The van der Waals surface area contributed by atoms with Crippen LogP contribution in [0.25, 0.3) is 10.4 Å². The molecule has 11 nitrogen and oxygen atoms in total. The van der Waals surface area contributed by atoms with Crippen molar-refractivity contribution in [2.45, 2.75) is 58.8 Å². The molecule has 5 N–H and O–H groups in total. The molecule has 3 atom stereocenters. The third-order valence-electron chi connectivity index (χ3n) is 6.11. The lowest BCUT2D eigenvalue weighted by atomic mass is 9.85. The average Bonchev–Trinajstić information content (AvgIpc) is 3.44. The summed E-state index contributed by atoms with van der Waals surface area (Å²) in [5.41, 5.74) is 3.94. The molecule has 3 rings (SSSR count). The molecule has 1 unspecified atom stereocenters. The van der Waals surface area contributed by atoms with Crippen LogP contribution in [0.1, 0.15) is 38.4 Å². The van der Waals surface area contributed by atoms with Crippen molar-refractivity contribution in [3.63, 3.8) is 0 Å². The molecule has 2 heterocycles. The maximum atomic E-state index is 13.5. The van der Waals surface area contributed by atoms with Gasteiger partial charge in [-0.2, -0.15) is 0 Å². The van der Waals surface area contributed by atoms with Crippen molar-refractivity contribution in [2.24, 2.45) is 5.41 Å². The average molecular weight is 532 g/mol. The van der Waals surface area contributed by atoms with Gasteiger partial charge in [0.05, 0.1) is 22.2 Å². The predicted octanol–water partition coefficient (Wildman–Crippen LogP) is 1.50. The van der Waals surface area contributed by atoms with Crippen LogP contribution in [0, 0.1) is 12.3 Å². The van der Waals surface area contributed by atoms with Gasteiger partial charge in [-0.1, -0.05) is 45.0 Å². The molecule has 2 aromatic rings. The SMILES string of the molecule is Cc1ncsc1-c1ccc(CNC(=O)[C@@H]2C[C@@H](O)CN2C(=O)C(NC(=O)CNC(=O)O)C(C)(C)C)cc1. The largest absolute Gasteiger partial charge is 0.465 e. The highest BCUT2D eigenvalue weighted by Gasteiger charge is 2.44. The number of nitrogens with one attached hydrogen (secondary N) is 3. The standard InChI is InChI=1S/C25H33N5O6S/c1-14-20(37-13-28-14)16-7-5-15(6-8-16)10-26-22(33)18-9-17(31)12-30(18)23(34)21(25(2,3)4)29-19(32)11-27-24(35)36/h5-8,13,17-18,21,27,31H,9-12H2,1-4H3,(H,26,33)(H,29,32)(H,35,36)/t17-,18+,21?/m1/s1. The Labute approximate surface area is 219 Å². The van der Waals surface area contributed by atoms with Gasteiger partial charge >= 0.3 is 6.09 Å². The van der Waals surface area contributed by atoms with E-state index in [-0.39, 0.29) is 19.5 Å². The summed E-state index contributed by atoms with van der Waals surface area (Å²) < 4.78 is 0. The first-order valence-corrected chi connectivity index (χ1v) is 12.8. The molecule has 1 aromatic carbocycles. The van der Waals surface area contributed by atoms with Gasteiger partial charge in [-0.15, -0.1) is 11.3 Å². The Morgan fingerprint density at radius 1 is 1.16 bits per heavy atom. The van der Waals surface area contributed by atoms with Crippen LogP contribution in [-0.4, -0.2) is 75.2 Å². The number of aliphatic hydroxyl groups excluding tert-OH is 1. The summed E-state index contributed by atoms with van der Waals surface area (Å²) in [5.74, 6) is -1.59. The van der Waals surface area contributed by atoms with Crippen LogP contribution in [0.5, 0.6) is 0 Å². The van der Waals surface area contributed by atoms with E-state index in [1.54, 1.807) is 37.6 Å². The molecule has 0 radical (unpaired) electrons. The van der Waals surface area contributed by atoms with Crippen LogP contribution in [0.15, 0.2) is 29.8 Å². The second kappa shape index (κ2) is 11.7. The summed E-state index contributed by atoms with van der Waals surface area (Å²) in [4.78, 5) is 56.1. The number of benzene rings is 1. The van der Waals surface area contributed by atoms with Crippen molar-refractivity contribution < 1.29 is 29.4 Å². The van der Waals surface area contributed by atoms with E-state index in [9.17, 15) is 24.3 Å². The van der Waals surface area contributed by atoms with Gasteiger partial charge < -0.3 is 31.1 Å². The van der Waals surface area contributed by atoms with E-state index in [4.69, 9.17) is 5.11 Å². The van der Waals surface area contributed by atoms with Gasteiger partial charge in [-0.05, 0) is 23.5 Å². The van der Waals surface area contributed by atoms with Crippen LogP contribution in [0.3, 0.4) is 0 Å². The van der Waals surface area contributed by atoms with Crippen LogP contribution in [-0.2, 0) is 20.9 Å². The summed E-state index contributed by atoms with van der Waals surface area (Å²) in [5, 5.41) is 26.4. The zero-order valence-corrected chi connectivity index (χ0v) is 22.1. The third-order valence-corrected chi connectivity index (χ3v) is 7.09. The number of thiazole rings is 1. The van der Waals surface area contributed by atoms with Crippen molar-refractivity contribution in [3.05, 3.63) is 41.0 Å². The fourth-order valence-corrected chi connectivity index (χ4v) is 4.96. The fourth-order valence-electron chi connectivity index (χ4n) is 4.15. The Bertz CT molecular complexity index is 1140. The number of aliphatic hydroxyl groups is 1. The number of rotatable bonds is 8. The number of carbonyl (C=O) groups is 4. The molecular weight excluding hydrogens is 498 g/mol. The molecule has 0 spiro atoms. The first-order chi connectivity index (χ1) is 17.4. The van der Waals surface area contributed by atoms with E-state index < -0.39 is 54.0 Å². The number of carboxylic acid groups (broad SMARTS) is 1. The number of likely N-dealkylation sites (tertiary alicyclic amines) is 1. The van der Waals surface area contributed by atoms with E-state index in [2.05, 4.69) is 15.6 Å². The van der Waals surface area contributed by atoms with E-state index in [0.717, 1.165) is 21.7 Å². The quantitative estimate of drug-likeness (QED) is 0.345. The minimum absolute atomic E-state index is 0.0460. The molecule has 0 aliphatic carbocycles. The molecule has 37 heavy (non-hydrogen) atoms. The number of β-amino-alcohol motifs (C(OH)–C–C–N with tert-alkyl or cyclic N) is 1. The number of aromatic nitrogens is 1. The van der Waals surface area contributed by atoms with Crippen LogP contribution >= 0.6 is 11.3 Å². The van der Waals surface area contributed by atoms with Crippen LogP contribution < -0.4 is 16.0 Å². The summed E-state index contributed by atoms with van der Waals surface area (Å²) in [6, 6.07) is 5.83. The molecule has 200 valence electrons. The Hall–Kier alpha value is -3.51. The normalized spacial score (nSPS) is 18.2. The second-order valence-electron chi connectivity index (χ2n) is 10.1. The number of amides is 4. The number of carbonyl (C=O) groups excluding carboxylic acids is 3. The van der Waals surface area contributed by atoms with Crippen molar-refractivity contribution in [1.29, 1.82) is 0 Å². The lowest BCUT2D eigenvalue weighted by Gasteiger charge is -2.35. The Morgan fingerprint density at radius 2 is 1.84 bits per heavy atom. The van der Waals surface area contributed by atoms with Gasteiger partial charge in [-0.25, -0.2) is 9.78 Å². The zero-order chi connectivity index (χ0) is 27.3. The fraction of sp³-hybridized carbons (Fsp3) is 0.480. The number of aryl methyl sites for hydroxylation is 1. The molecular formula is C25H33N5O6S. The summed E-state index contributed by atoms with van der Waals surface area (Å²) in [7, 11) is 0. The summed E-state index contributed by atoms with van der Waals surface area (Å²) >= 11 is 1.56. The molecule has 1 aliphatic rings. The Morgan fingerprint density at radius 3 is 2.41 bits per heavy atom. The van der Waals surface area contributed by atoms with E-state index in [1.807, 2.05) is 36.5 Å². The lowest BCUT2D eigenvalue weighted by Crippen LogP contribution is -2.58. The Kier molecular flexibility index (Phi) is 8.87. The number of hydrogen-bond donors (Lipinski definition) is 5. The van der Waals surface area contributed by atoms with Crippen molar-refractivity contribution in [1.82, 2.24) is 25.8 Å². The highest BCUT2D eigenvalue weighted by molar-refractivity contribution is 7.13. The molecule has 1 aliphatic heterocycles. The molecule has 1 aromatic heterocycles. The number of hydrogen-bond acceptors (Lipinski definition) is 7. The van der Waals surface area contributed by atoms with Gasteiger partial charge in [0, 0.05) is 19.5 Å². The predicted molar refractivity (Wildman–Crippen MR) is 138 cm³/mol. The maximum absolute atomic E-state index is 13.5. The smallest absolute Gasteiger partial charge is 0.405 e. The van der Waals surface area contributed by atoms with E-state index in [1.165, 1.54) is 4.90 Å². The molecule has 12 heteroatoms. The van der Waals surface area contributed by atoms with Gasteiger partial charge in [0.25, 0.3) is 0 Å². The van der Waals surface area contributed by atoms with E-state index >= 15 is 0 Å². The summed E-state index contributed by atoms with van der Waals surface area (Å²) in [6.45, 7) is 6.89. The van der Waals surface area contributed by atoms with Crippen molar-refractivity contribution in [2.75, 3.05) is 13.1 Å². The lowest BCUT2D eigenvalue weighted by molar-refractivity contribution is -0.143. The van der Waals surface area contributed by atoms with Crippen LogP contribution in [0.2, 0.25) is 0 Å². The summed E-state index contributed by atoms with van der Waals surface area (Å²) in [6.07, 6.45) is -2.17. The molecule has 1 saturated heterocycles. The minimum Gasteiger partial charge on any atom is -0.465 e. The van der Waals surface area contributed by atoms with Crippen molar-refractivity contribution >= 4 is 35.2 Å². The molecule has 0 saturated carbocycles. The van der Waals surface area contributed by atoms with E-state index in [0.29, 0.717) is 0 Å². The second-order valence-corrected chi connectivity index (χ2v) is 11.0. The minimum atomic E-state index is -1.36. The topological polar surface area (TPSA) is 161 Å². The zero-order valence-electron chi connectivity index (χ0n) is 21.3. The highest BCUT2D eigenvalue weighted by atomic mass is 32.1. The Balaban J connectivity index is 1.66. The van der Waals surface area contributed by atoms with Crippen molar-refractivity contribution in [3.8, 4) is 10.4 Å². The highest BCUT2D eigenvalue weighted by Crippen LogP contribution is 2.28.